The second-order valence-electron chi connectivity index (χ2n) is 7.04. The van der Waals surface area contributed by atoms with Gasteiger partial charge in [0.1, 0.15) is 18.0 Å². The Morgan fingerprint density at radius 2 is 1.93 bits per heavy atom. The molecule has 6 nitrogen and oxygen atoms in total. The van der Waals surface area contributed by atoms with Crippen molar-refractivity contribution in [2.45, 2.75) is 33.5 Å². The fourth-order valence-corrected chi connectivity index (χ4v) is 3.15. The average Bonchev–Trinajstić information content (AvgIpc) is 3.31. The van der Waals surface area contributed by atoms with Crippen LogP contribution in [0.25, 0.3) is 5.65 Å². The molecule has 3 heterocycles. The van der Waals surface area contributed by atoms with E-state index in [9.17, 15) is 0 Å². The molecule has 4 aromatic rings. The van der Waals surface area contributed by atoms with E-state index in [-0.39, 0.29) is 0 Å². The van der Waals surface area contributed by atoms with Crippen molar-refractivity contribution in [1.82, 2.24) is 24.5 Å². The van der Waals surface area contributed by atoms with Gasteiger partial charge in [-0.1, -0.05) is 18.2 Å². The van der Waals surface area contributed by atoms with E-state index < -0.39 is 0 Å². The molecule has 1 N–H and O–H groups in total. The molecule has 4 rings (SSSR count). The normalized spacial score (nSPS) is 11.2. The highest BCUT2D eigenvalue weighted by molar-refractivity contribution is 5.47. The summed E-state index contributed by atoms with van der Waals surface area (Å²) in [7, 11) is 0. The molecule has 0 aliphatic heterocycles. The Balaban J connectivity index is 1.25. The third-order valence-electron chi connectivity index (χ3n) is 4.65. The number of hydrogen-bond acceptors (Lipinski definition) is 4. The number of pyridine rings is 1. The van der Waals surface area contributed by atoms with Gasteiger partial charge in [-0.25, -0.2) is 4.98 Å². The second-order valence-corrected chi connectivity index (χ2v) is 7.04. The topological polar surface area (TPSA) is 56.4 Å². The number of fused-ring (bicyclic) bond motifs is 1. The molecule has 0 saturated heterocycles. The van der Waals surface area contributed by atoms with Gasteiger partial charge in [-0.05, 0) is 48.7 Å². The van der Waals surface area contributed by atoms with Crippen LogP contribution in [0.1, 0.15) is 22.4 Å². The van der Waals surface area contributed by atoms with Crippen molar-refractivity contribution in [1.29, 1.82) is 0 Å². The number of rotatable bonds is 8. The summed E-state index contributed by atoms with van der Waals surface area (Å²) in [6.45, 7) is 7.15. The molecule has 0 fully saturated rings. The Bertz CT molecular complexity index is 1050. The van der Waals surface area contributed by atoms with Crippen LogP contribution in [0.4, 0.5) is 0 Å². The Morgan fingerprint density at radius 1 is 1.07 bits per heavy atom. The van der Waals surface area contributed by atoms with Crippen LogP contribution in [0.5, 0.6) is 5.75 Å². The van der Waals surface area contributed by atoms with Gasteiger partial charge in [-0.15, -0.1) is 0 Å². The highest BCUT2D eigenvalue weighted by Crippen LogP contribution is 2.15. The van der Waals surface area contributed by atoms with Crippen LogP contribution in [-0.2, 0) is 19.7 Å². The molecule has 0 aliphatic carbocycles. The molecule has 0 atom stereocenters. The summed E-state index contributed by atoms with van der Waals surface area (Å²) in [6.07, 6.45) is 7.96. The van der Waals surface area contributed by atoms with E-state index in [2.05, 4.69) is 53.6 Å². The van der Waals surface area contributed by atoms with Gasteiger partial charge in [0, 0.05) is 31.7 Å². The van der Waals surface area contributed by atoms with Crippen LogP contribution < -0.4 is 10.1 Å². The minimum atomic E-state index is 0.460. The fourth-order valence-electron chi connectivity index (χ4n) is 3.15. The molecule has 3 aromatic heterocycles. The Kier molecular flexibility index (Phi) is 5.39. The molecule has 28 heavy (non-hydrogen) atoms. The number of aryl methyl sites for hydroxylation is 2. The van der Waals surface area contributed by atoms with E-state index >= 15 is 0 Å². The second kappa shape index (κ2) is 8.27. The molecular weight excluding hydrogens is 350 g/mol. The van der Waals surface area contributed by atoms with Crippen molar-refractivity contribution in [2.75, 3.05) is 6.54 Å². The number of hydrogen-bond donors (Lipinski definition) is 1. The zero-order chi connectivity index (χ0) is 19.3. The monoisotopic (exact) mass is 375 g/mol. The number of nitrogens with one attached hydrogen (secondary N) is 1. The van der Waals surface area contributed by atoms with E-state index in [1.54, 1.807) is 0 Å². The Hall–Kier alpha value is -3.12. The van der Waals surface area contributed by atoms with Crippen molar-refractivity contribution < 1.29 is 4.74 Å². The first-order chi connectivity index (χ1) is 13.7. The van der Waals surface area contributed by atoms with E-state index in [1.165, 1.54) is 11.1 Å². The fraction of sp³-hybridized carbons (Fsp3) is 0.273. The lowest BCUT2D eigenvalue weighted by molar-refractivity contribution is 0.302. The lowest BCUT2D eigenvalue weighted by Gasteiger charge is -2.07. The van der Waals surface area contributed by atoms with Gasteiger partial charge in [-0.3, -0.25) is 4.68 Å². The van der Waals surface area contributed by atoms with Crippen molar-refractivity contribution in [2.24, 2.45) is 0 Å². The van der Waals surface area contributed by atoms with Gasteiger partial charge in [0.15, 0.2) is 0 Å². The first-order valence-corrected chi connectivity index (χ1v) is 9.52. The summed E-state index contributed by atoms with van der Waals surface area (Å²) in [5.74, 6) is 0.851. The zero-order valence-electron chi connectivity index (χ0n) is 16.3. The van der Waals surface area contributed by atoms with Crippen molar-refractivity contribution >= 4 is 5.65 Å². The Morgan fingerprint density at radius 3 is 2.68 bits per heavy atom. The largest absolute Gasteiger partial charge is 0.487 e. The van der Waals surface area contributed by atoms with Gasteiger partial charge < -0.3 is 14.5 Å². The number of imidazole rings is 1. The predicted molar refractivity (Wildman–Crippen MR) is 109 cm³/mol. The summed E-state index contributed by atoms with van der Waals surface area (Å²) < 4.78 is 9.89. The highest BCUT2D eigenvalue weighted by atomic mass is 16.5. The summed E-state index contributed by atoms with van der Waals surface area (Å²) in [4.78, 5) is 4.64. The van der Waals surface area contributed by atoms with Crippen LogP contribution in [-0.4, -0.2) is 25.7 Å². The minimum Gasteiger partial charge on any atom is -0.487 e. The van der Waals surface area contributed by atoms with E-state index in [0.29, 0.717) is 6.61 Å². The molecule has 6 heteroatoms. The molecule has 0 amide bonds. The maximum absolute atomic E-state index is 5.89. The molecule has 0 radical (unpaired) electrons. The lowest BCUT2D eigenvalue weighted by Crippen LogP contribution is -2.19. The first-order valence-electron chi connectivity index (χ1n) is 9.52. The molecule has 144 valence electrons. The quantitative estimate of drug-likeness (QED) is 0.479. The number of ether oxygens (including phenoxy) is 1. The van der Waals surface area contributed by atoms with Crippen LogP contribution in [0, 0.1) is 13.8 Å². The molecule has 0 aliphatic rings. The lowest BCUT2D eigenvalue weighted by atomic mass is 10.2. The predicted octanol–water partition coefficient (Wildman–Crippen LogP) is 3.52. The maximum atomic E-state index is 5.89. The average molecular weight is 375 g/mol. The van der Waals surface area contributed by atoms with Gasteiger partial charge in [0.2, 0.25) is 0 Å². The molecular formula is C22H25N5O. The summed E-state index contributed by atoms with van der Waals surface area (Å²) in [5, 5.41) is 7.73. The number of aromatic nitrogens is 4. The van der Waals surface area contributed by atoms with Gasteiger partial charge >= 0.3 is 0 Å². The van der Waals surface area contributed by atoms with Crippen LogP contribution in [0.2, 0.25) is 0 Å². The standard InChI is InChI=1S/C22H25N5O/c1-17-12-24-27(14-17)11-9-23-13-19-5-7-21(8-6-19)28-16-20-15-26-10-3-4-18(2)22(26)25-20/h3-8,10,12,14-15,23H,9,11,13,16H2,1-2H3. The third-order valence-corrected chi connectivity index (χ3v) is 4.65. The number of benzene rings is 1. The smallest absolute Gasteiger partial charge is 0.140 e. The number of nitrogens with zero attached hydrogens (tertiary/aromatic N) is 4. The summed E-state index contributed by atoms with van der Waals surface area (Å²) >= 11 is 0. The minimum absolute atomic E-state index is 0.460. The van der Waals surface area contributed by atoms with Gasteiger partial charge in [0.25, 0.3) is 0 Å². The van der Waals surface area contributed by atoms with Crippen molar-refractivity contribution in [3.8, 4) is 5.75 Å². The molecule has 0 spiro atoms. The van der Waals surface area contributed by atoms with Crippen LogP contribution in [0.15, 0.2) is 61.2 Å². The summed E-state index contributed by atoms with van der Waals surface area (Å²) in [6, 6.07) is 12.3. The van der Waals surface area contributed by atoms with Crippen LogP contribution >= 0.6 is 0 Å². The zero-order valence-corrected chi connectivity index (χ0v) is 16.3. The molecule has 0 unspecified atom stereocenters. The van der Waals surface area contributed by atoms with Crippen molar-refractivity contribution in [3.05, 3.63) is 83.6 Å². The van der Waals surface area contributed by atoms with Gasteiger partial charge in [0.05, 0.1) is 18.4 Å². The van der Waals surface area contributed by atoms with E-state index in [4.69, 9.17) is 4.74 Å². The summed E-state index contributed by atoms with van der Waals surface area (Å²) in [5.41, 5.74) is 5.48. The maximum Gasteiger partial charge on any atom is 0.140 e. The molecule has 0 bridgehead atoms. The third kappa shape index (κ3) is 4.40. The SMILES string of the molecule is Cc1cnn(CCNCc2ccc(OCc3cn4cccc(C)c4n3)cc2)c1. The van der Waals surface area contributed by atoms with Gasteiger partial charge in [-0.2, -0.15) is 5.10 Å². The molecule has 1 aromatic carbocycles. The van der Waals surface area contributed by atoms with E-state index in [0.717, 1.165) is 42.3 Å². The Labute approximate surface area is 164 Å². The van der Waals surface area contributed by atoms with Crippen molar-refractivity contribution in [3.63, 3.8) is 0 Å². The highest BCUT2D eigenvalue weighted by Gasteiger charge is 2.05. The molecule has 0 saturated carbocycles. The first kappa shape index (κ1) is 18.3. The van der Waals surface area contributed by atoms with E-state index in [1.807, 2.05) is 45.9 Å². The van der Waals surface area contributed by atoms with Crippen LogP contribution in [0.3, 0.4) is 0 Å².